The van der Waals surface area contributed by atoms with E-state index < -0.39 is 0 Å². The molecule has 20 heavy (non-hydrogen) atoms. The molecule has 104 valence electrons. The van der Waals surface area contributed by atoms with Crippen LogP contribution in [0, 0.1) is 5.92 Å². The second-order valence-corrected chi connectivity index (χ2v) is 6.11. The summed E-state index contributed by atoms with van der Waals surface area (Å²) in [6.07, 6.45) is 16.4. The number of carbonyl (C=O) groups is 1. The third kappa shape index (κ3) is 1.76. The molecule has 0 radical (unpaired) electrons. The van der Waals surface area contributed by atoms with E-state index in [1.807, 2.05) is 12.2 Å². The summed E-state index contributed by atoms with van der Waals surface area (Å²) in [5, 5.41) is 2.89. The van der Waals surface area contributed by atoms with Gasteiger partial charge in [0.05, 0.1) is 0 Å². The van der Waals surface area contributed by atoms with Crippen LogP contribution in [0.3, 0.4) is 0 Å². The highest BCUT2D eigenvalue weighted by atomic mass is 16.2. The number of fused-ring (bicyclic) bond motifs is 4. The van der Waals surface area contributed by atoms with E-state index in [2.05, 4.69) is 22.4 Å². The second kappa shape index (κ2) is 4.65. The van der Waals surface area contributed by atoms with Gasteiger partial charge in [-0.15, -0.1) is 0 Å². The normalized spacial score (nSPS) is 31.9. The van der Waals surface area contributed by atoms with Crippen molar-refractivity contribution < 1.29 is 4.79 Å². The van der Waals surface area contributed by atoms with Crippen LogP contribution in [0.4, 0.5) is 0 Å². The van der Waals surface area contributed by atoms with Crippen molar-refractivity contribution in [3.8, 4) is 0 Å². The molecule has 1 saturated carbocycles. The van der Waals surface area contributed by atoms with E-state index in [-0.39, 0.29) is 11.9 Å². The summed E-state index contributed by atoms with van der Waals surface area (Å²) >= 11 is 0. The summed E-state index contributed by atoms with van der Waals surface area (Å²) in [7, 11) is 0. The zero-order valence-corrected chi connectivity index (χ0v) is 11.6. The molecule has 1 fully saturated rings. The standard InChI is InChI=1S/C17H20N2O/c20-17-16-13(6-3-4-9-18-17)11-15-14-7-2-1-5-12(14)8-10-19(15)16/h3-4,6,9,11-12,16H,1-2,5,7-8,10H2,(H,18,20). The minimum Gasteiger partial charge on any atom is -0.356 e. The predicted molar refractivity (Wildman–Crippen MR) is 78.6 cm³/mol. The lowest BCUT2D eigenvalue weighted by Gasteiger charge is -2.39. The van der Waals surface area contributed by atoms with Gasteiger partial charge in [-0.2, -0.15) is 0 Å². The minimum absolute atomic E-state index is 0.0988. The van der Waals surface area contributed by atoms with E-state index in [0.29, 0.717) is 0 Å². The van der Waals surface area contributed by atoms with Crippen LogP contribution in [0.15, 0.2) is 47.3 Å². The first kappa shape index (κ1) is 12.0. The van der Waals surface area contributed by atoms with Crippen LogP contribution in [-0.4, -0.2) is 23.4 Å². The van der Waals surface area contributed by atoms with E-state index in [1.165, 1.54) is 37.8 Å². The van der Waals surface area contributed by atoms with Crippen LogP contribution in [0.2, 0.25) is 0 Å². The Kier molecular flexibility index (Phi) is 2.79. The average molecular weight is 268 g/mol. The maximum Gasteiger partial charge on any atom is 0.251 e. The zero-order chi connectivity index (χ0) is 13.5. The third-order valence-electron chi connectivity index (χ3n) is 5.00. The van der Waals surface area contributed by atoms with Gasteiger partial charge in [-0.05, 0) is 54.9 Å². The Morgan fingerprint density at radius 3 is 3.10 bits per heavy atom. The highest BCUT2D eigenvalue weighted by Gasteiger charge is 2.40. The molecule has 4 rings (SSSR count). The fourth-order valence-electron chi connectivity index (χ4n) is 4.06. The molecule has 1 amide bonds. The van der Waals surface area contributed by atoms with Crippen LogP contribution in [0.5, 0.6) is 0 Å². The topological polar surface area (TPSA) is 32.3 Å². The smallest absolute Gasteiger partial charge is 0.251 e. The van der Waals surface area contributed by atoms with Crippen LogP contribution >= 0.6 is 0 Å². The first-order chi connectivity index (χ1) is 9.84. The Morgan fingerprint density at radius 1 is 1.20 bits per heavy atom. The summed E-state index contributed by atoms with van der Waals surface area (Å²) in [6.45, 7) is 1.01. The lowest BCUT2D eigenvalue weighted by Crippen LogP contribution is -2.45. The molecular formula is C17H20N2O. The lowest BCUT2D eigenvalue weighted by molar-refractivity contribution is -0.123. The SMILES string of the molecule is O=C1NC=CC=CC2=CC3=C4CCCCC4CCN3C12. The molecule has 0 aromatic carbocycles. The van der Waals surface area contributed by atoms with Crippen molar-refractivity contribution in [1.29, 1.82) is 0 Å². The van der Waals surface area contributed by atoms with Gasteiger partial charge < -0.3 is 10.2 Å². The summed E-state index contributed by atoms with van der Waals surface area (Å²) in [5.41, 5.74) is 4.10. The van der Waals surface area contributed by atoms with E-state index in [9.17, 15) is 4.79 Å². The zero-order valence-electron chi connectivity index (χ0n) is 11.6. The van der Waals surface area contributed by atoms with Gasteiger partial charge in [0, 0.05) is 18.4 Å². The van der Waals surface area contributed by atoms with Gasteiger partial charge in [0.1, 0.15) is 6.04 Å². The molecule has 0 bridgehead atoms. The van der Waals surface area contributed by atoms with Crippen molar-refractivity contribution in [2.24, 2.45) is 5.92 Å². The molecule has 3 heterocycles. The number of allylic oxidation sites excluding steroid dienone is 4. The molecule has 2 atom stereocenters. The molecular weight excluding hydrogens is 248 g/mol. The van der Waals surface area contributed by atoms with Crippen molar-refractivity contribution in [1.82, 2.24) is 10.2 Å². The highest BCUT2D eigenvalue weighted by molar-refractivity contribution is 5.88. The van der Waals surface area contributed by atoms with Crippen molar-refractivity contribution in [2.45, 2.75) is 38.1 Å². The summed E-state index contributed by atoms with van der Waals surface area (Å²) < 4.78 is 0. The first-order valence-electron chi connectivity index (χ1n) is 7.69. The quantitative estimate of drug-likeness (QED) is 0.732. The molecule has 0 aromatic rings. The Bertz CT molecular complexity index is 568. The van der Waals surface area contributed by atoms with Crippen molar-refractivity contribution in [2.75, 3.05) is 6.54 Å². The van der Waals surface area contributed by atoms with Gasteiger partial charge in [-0.1, -0.05) is 18.6 Å². The number of hydrogen-bond donors (Lipinski definition) is 1. The summed E-state index contributed by atoms with van der Waals surface area (Å²) in [4.78, 5) is 14.7. The Morgan fingerprint density at radius 2 is 2.15 bits per heavy atom. The number of carbonyl (C=O) groups excluding carboxylic acids is 1. The number of hydrogen-bond acceptors (Lipinski definition) is 2. The number of rotatable bonds is 0. The third-order valence-corrected chi connectivity index (χ3v) is 5.00. The van der Waals surface area contributed by atoms with Gasteiger partial charge in [-0.25, -0.2) is 0 Å². The molecule has 3 heteroatoms. The maximum absolute atomic E-state index is 12.4. The monoisotopic (exact) mass is 268 g/mol. The fraction of sp³-hybridized carbons (Fsp3) is 0.471. The largest absolute Gasteiger partial charge is 0.356 e. The van der Waals surface area contributed by atoms with E-state index in [4.69, 9.17) is 0 Å². The van der Waals surface area contributed by atoms with Crippen molar-refractivity contribution >= 4 is 5.91 Å². The molecule has 1 aliphatic carbocycles. The van der Waals surface area contributed by atoms with Crippen molar-refractivity contribution in [3.05, 3.63) is 47.3 Å². The molecule has 0 spiro atoms. The average Bonchev–Trinajstić information content (AvgIpc) is 2.83. The predicted octanol–water partition coefficient (Wildman–Crippen LogP) is 2.64. The van der Waals surface area contributed by atoms with Crippen LogP contribution in [-0.2, 0) is 4.79 Å². The molecule has 4 aliphatic rings. The first-order valence-corrected chi connectivity index (χ1v) is 7.69. The molecule has 3 aliphatic heterocycles. The van der Waals surface area contributed by atoms with Crippen LogP contribution < -0.4 is 5.32 Å². The number of nitrogens with one attached hydrogen (secondary N) is 1. The summed E-state index contributed by atoms with van der Waals surface area (Å²) in [6, 6.07) is -0.124. The molecule has 1 N–H and O–H groups in total. The van der Waals surface area contributed by atoms with Gasteiger partial charge in [0.25, 0.3) is 5.91 Å². The summed E-state index contributed by atoms with van der Waals surface area (Å²) in [5.74, 6) is 0.864. The molecule has 0 aromatic heterocycles. The second-order valence-electron chi connectivity index (χ2n) is 6.11. The van der Waals surface area contributed by atoms with Gasteiger partial charge in [0.2, 0.25) is 0 Å². The van der Waals surface area contributed by atoms with Crippen LogP contribution in [0.25, 0.3) is 0 Å². The lowest BCUT2D eigenvalue weighted by atomic mass is 9.79. The Balaban J connectivity index is 1.78. The van der Waals surface area contributed by atoms with Gasteiger partial charge in [-0.3, -0.25) is 4.79 Å². The van der Waals surface area contributed by atoms with E-state index >= 15 is 0 Å². The van der Waals surface area contributed by atoms with E-state index in [0.717, 1.165) is 18.0 Å². The van der Waals surface area contributed by atoms with Crippen LogP contribution in [0.1, 0.15) is 32.1 Å². The Hall–Kier alpha value is -1.77. The highest BCUT2D eigenvalue weighted by Crippen LogP contribution is 2.43. The van der Waals surface area contributed by atoms with Gasteiger partial charge >= 0.3 is 0 Å². The number of nitrogens with zero attached hydrogens (tertiary/aromatic N) is 1. The molecule has 0 saturated heterocycles. The van der Waals surface area contributed by atoms with Gasteiger partial charge in [0.15, 0.2) is 0 Å². The van der Waals surface area contributed by atoms with Crippen molar-refractivity contribution in [3.63, 3.8) is 0 Å². The molecule has 2 unspecified atom stereocenters. The maximum atomic E-state index is 12.4. The minimum atomic E-state index is -0.124. The molecule has 3 nitrogen and oxygen atoms in total. The number of amides is 1. The van der Waals surface area contributed by atoms with E-state index in [1.54, 1.807) is 11.8 Å². The Labute approximate surface area is 119 Å². The fourth-order valence-corrected chi connectivity index (χ4v) is 4.06.